The van der Waals surface area contributed by atoms with E-state index in [9.17, 15) is 54.3 Å². The van der Waals surface area contributed by atoms with E-state index in [4.69, 9.17) is 11.6 Å². The number of anilines is 2. The van der Waals surface area contributed by atoms with Crippen LogP contribution in [0.2, 0.25) is 5.02 Å². The van der Waals surface area contributed by atoms with E-state index >= 15 is 0 Å². The molecular formula is C76H96ClF3N10O9S4. The number of aromatic nitrogens is 1. The number of sulfone groups is 1. The van der Waals surface area contributed by atoms with Gasteiger partial charge in [-0.2, -0.15) is 13.2 Å². The van der Waals surface area contributed by atoms with E-state index in [0.29, 0.717) is 62.4 Å². The second-order valence-electron chi connectivity index (χ2n) is 29.4. The number of carbonyl (C=O) groups is 4. The number of halogens is 4. The minimum absolute atomic E-state index is 0.0276. The predicted molar refractivity (Wildman–Crippen MR) is 402 cm³/mol. The highest BCUT2D eigenvalue weighted by Gasteiger charge is 2.49. The van der Waals surface area contributed by atoms with Crippen molar-refractivity contribution in [1.82, 2.24) is 39.9 Å². The number of aryl methyl sites for hydroxylation is 1. The van der Waals surface area contributed by atoms with Crippen LogP contribution in [-0.2, 0) is 34.2 Å². The van der Waals surface area contributed by atoms with Crippen LogP contribution in [0.1, 0.15) is 133 Å². The van der Waals surface area contributed by atoms with Crippen molar-refractivity contribution in [2.24, 2.45) is 10.8 Å². The van der Waals surface area contributed by atoms with Gasteiger partial charge in [0.05, 0.1) is 38.8 Å². The number of likely N-dealkylation sites (tertiary alicyclic amines) is 1. The van der Waals surface area contributed by atoms with Gasteiger partial charge in [0, 0.05) is 118 Å². The summed E-state index contributed by atoms with van der Waals surface area (Å²) in [5.74, 6) is -1.85. The van der Waals surface area contributed by atoms with E-state index in [1.165, 1.54) is 45.5 Å². The molecule has 27 heteroatoms. The van der Waals surface area contributed by atoms with Gasteiger partial charge >= 0.3 is 5.51 Å². The molecule has 0 saturated carbocycles. The Kier molecular flexibility index (Phi) is 26.1. The second-order valence-corrected chi connectivity index (χ2v) is 35.4. The van der Waals surface area contributed by atoms with Crippen LogP contribution in [-0.4, -0.2) is 184 Å². The molecule has 4 heterocycles. The summed E-state index contributed by atoms with van der Waals surface area (Å²) in [7, 11) is -11.1. The maximum atomic E-state index is 14.6. The average molecular weight is 1510 g/mol. The number of rotatable bonds is 28. The summed E-state index contributed by atoms with van der Waals surface area (Å²) in [6.45, 7) is 21.9. The maximum Gasteiger partial charge on any atom is 0.501 e. The van der Waals surface area contributed by atoms with Gasteiger partial charge in [-0.15, -0.1) is 23.1 Å². The Labute approximate surface area is 617 Å². The zero-order chi connectivity index (χ0) is 74.0. The van der Waals surface area contributed by atoms with E-state index < -0.39 is 82.3 Å². The summed E-state index contributed by atoms with van der Waals surface area (Å²) in [4.78, 5) is 70.0. The third kappa shape index (κ3) is 20.8. The number of amides is 4. The predicted octanol–water partition coefficient (Wildman–Crippen LogP) is 12.5. The number of unbranched alkanes of at least 4 members (excludes halogenated alkanes) is 2. The van der Waals surface area contributed by atoms with Crippen LogP contribution < -0.4 is 25.6 Å². The quantitative estimate of drug-likeness (QED) is 0.0227. The molecule has 6 aromatic rings. The summed E-state index contributed by atoms with van der Waals surface area (Å²) in [5, 5.41) is 20.5. The average Bonchev–Trinajstić information content (AvgIpc) is 1.27. The molecule has 4 aliphatic rings. The number of allylic oxidation sites excluding steroid dienone is 1. The van der Waals surface area contributed by atoms with Crippen molar-refractivity contribution in [3.63, 3.8) is 0 Å². The molecule has 3 saturated heterocycles. The number of carbonyl (C=O) groups excluding carboxylic acids is 4. The van der Waals surface area contributed by atoms with Crippen molar-refractivity contribution >= 4 is 95.1 Å². The molecule has 1 aliphatic carbocycles. The number of nitrogens with one attached hydrogen (secondary N) is 4. The largest absolute Gasteiger partial charge is 0.501 e. The van der Waals surface area contributed by atoms with Crippen LogP contribution in [0, 0.1) is 17.8 Å². The molecule has 5 aromatic carbocycles. The first-order chi connectivity index (χ1) is 48.8. The van der Waals surface area contributed by atoms with Gasteiger partial charge < -0.3 is 40.7 Å². The Hall–Kier alpha value is -6.88. The highest BCUT2D eigenvalue weighted by atomic mass is 35.5. The molecule has 1 aromatic heterocycles. The van der Waals surface area contributed by atoms with Gasteiger partial charge in [0.25, 0.3) is 25.8 Å². The number of alkyl halides is 3. The molecule has 3 fully saturated rings. The number of β-amino-alcohol motifs (C(OH)–C–C–N with tert-alkyl or cyclic N) is 1. The molecule has 0 unspecified atom stereocenters. The molecule has 0 radical (unpaired) electrons. The van der Waals surface area contributed by atoms with E-state index in [1.54, 1.807) is 29.0 Å². The summed E-state index contributed by atoms with van der Waals surface area (Å²) in [5.41, 5.74) is 2.69. The number of aliphatic hydroxyl groups excluding tert-OH is 1. The van der Waals surface area contributed by atoms with Gasteiger partial charge in [-0.25, -0.2) is 26.5 Å². The van der Waals surface area contributed by atoms with Crippen LogP contribution in [0.5, 0.6) is 0 Å². The Morgan fingerprint density at radius 2 is 1.44 bits per heavy atom. The zero-order valence-corrected chi connectivity index (χ0v) is 63.6. The van der Waals surface area contributed by atoms with Crippen LogP contribution in [0.3, 0.4) is 0 Å². The molecule has 4 amide bonds. The lowest BCUT2D eigenvalue weighted by Crippen LogP contribution is -2.57. The zero-order valence-electron chi connectivity index (χ0n) is 59.6. The molecule has 10 rings (SSSR count). The molecule has 0 bridgehead atoms. The number of nitrogens with zero attached hydrogens (tertiary/aromatic N) is 6. The van der Waals surface area contributed by atoms with Crippen molar-refractivity contribution in [3.05, 3.63) is 160 Å². The van der Waals surface area contributed by atoms with Crippen LogP contribution in [0.25, 0.3) is 16.0 Å². The Bertz CT molecular complexity index is 4180. The van der Waals surface area contributed by atoms with Crippen molar-refractivity contribution in [1.29, 1.82) is 0 Å². The summed E-state index contributed by atoms with van der Waals surface area (Å²) < 4.78 is 100. The van der Waals surface area contributed by atoms with Crippen LogP contribution in [0.15, 0.2) is 147 Å². The number of thiazole rings is 1. The van der Waals surface area contributed by atoms with Gasteiger partial charge in [0.2, 0.25) is 17.7 Å². The molecule has 0 spiro atoms. The Balaban J connectivity index is 0.692. The number of hydrogen-bond donors (Lipinski definition) is 5. The summed E-state index contributed by atoms with van der Waals surface area (Å²) in [6.07, 6.45) is 4.95. The molecule has 103 heavy (non-hydrogen) atoms. The van der Waals surface area contributed by atoms with E-state index in [0.717, 1.165) is 116 Å². The fraction of sp³-hybridized carbons (Fsp3) is 0.487. The number of piperazine rings is 2. The fourth-order valence-electron chi connectivity index (χ4n) is 13.8. The van der Waals surface area contributed by atoms with Crippen molar-refractivity contribution in [2.45, 2.75) is 157 Å². The van der Waals surface area contributed by atoms with Crippen molar-refractivity contribution < 1.29 is 54.3 Å². The second kappa shape index (κ2) is 34.1. The molecule has 556 valence electrons. The number of sulfonamides is 1. The molecule has 5 N–H and O–H groups in total. The monoisotopic (exact) mass is 1510 g/mol. The van der Waals surface area contributed by atoms with Crippen molar-refractivity contribution in [3.8, 4) is 10.4 Å². The normalized spacial score (nSPS) is 19.0. The van der Waals surface area contributed by atoms with Gasteiger partial charge in [0.15, 0.2) is 0 Å². The van der Waals surface area contributed by atoms with Gasteiger partial charge in [0.1, 0.15) is 17.0 Å². The lowest BCUT2D eigenvalue weighted by Gasteiger charge is -2.39. The first-order valence-electron chi connectivity index (χ1n) is 35.4. The molecule has 5 atom stereocenters. The van der Waals surface area contributed by atoms with E-state index in [-0.39, 0.29) is 48.2 Å². The maximum absolute atomic E-state index is 14.6. The topological polar surface area (TPSA) is 234 Å². The third-order valence-corrected chi connectivity index (χ3v) is 25.3. The van der Waals surface area contributed by atoms with Gasteiger partial charge in [-0.1, -0.05) is 113 Å². The smallest absolute Gasteiger partial charge is 0.391 e. The SMILES string of the molecule is Cc1ncsc1-c1ccc([C@H](C)NC(=O)[C@@H]2C[C@@H](O)CN2C(=O)[C@@H](NC(=O)CCCCCN2CCN(CC[C@H](CSc3ccccc3)Nc3ccc(S(=O)(=O)NC(=O)c4ccc(N5CCN(CC6=C(c7ccc(Cl)cc7)CC(C)(C)CC6)CC5)cc4)cc3S(=O)(=O)C(F)(F)F)CC2)C(C)(C)C)cc1. The van der Waals surface area contributed by atoms with Crippen LogP contribution >= 0.6 is 34.7 Å². The molecule has 3 aliphatic heterocycles. The highest BCUT2D eigenvalue weighted by Crippen LogP contribution is 2.44. The number of aliphatic hydroxyl groups is 1. The minimum atomic E-state index is -6.15. The lowest BCUT2D eigenvalue weighted by molar-refractivity contribution is -0.144. The number of thioether (sulfide) groups is 1. The Morgan fingerprint density at radius 1 is 0.786 bits per heavy atom. The van der Waals surface area contributed by atoms with E-state index in [2.05, 4.69) is 66.5 Å². The fourth-order valence-corrected chi connectivity index (χ4v) is 17.8. The highest BCUT2D eigenvalue weighted by molar-refractivity contribution is 7.99. The Morgan fingerprint density at radius 3 is 2.08 bits per heavy atom. The first kappa shape index (κ1) is 78.7. The summed E-state index contributed by atoms with van der Waals surface area (Å²) in [6, 6.07) is 31.2. The lowest BCUT2D eigenvalue weighted by atomic mass is 9.72. The van der Waals surface area contributed by atoms with Crippen LogP contribution in [0.4, 0.5) is 24.5 Å². The molecular weight excluding hydrogens is 1420 g/mol. The minimum Gasteiger partial charge on any atom is -0.391 e. The number of hydrogen-bond acceptors (Lipinski definition) is 17. The molecule has 19 nitrogen and oxygen atoms in total. The number of benzene rings is 5. The van der Waals surface area contributed by atoms with Gasteiger partial charge in [-0.3, -0.25) is 24.1 Å². The van der Waals surface area contributed by atoms with E-state index in [1.807, 2.05) is 106 Å². The summed E-state index contributed by atoms with van der Waals surface area (Å²) >= 11 is 9.23. The van der Waals surface area contributed by atoms with Crippen molar-refractivity contribution in [2.75, 3.05) is 94.5 Å². The first-order valence-corrected chi connectivity index (χ1v) is 40.6. The van der Waals surface area contributed by atoms with Gasteiger partial charge in [-0.05, 0) is 159 Å². The third-order valence-electron chi connectivity index (χ3n) is 20.0. The standard InChI is InChI=1S/C76H96ClF3N10O9S4/c1-51(53-17-19-55(20-18-53)69-52(2)81-50-101-69)82-72(94)66-44-61(91)48-90(66)73(95)70(74(3,4)5)84-68(92)16-12-9-13-34-86-36-38-87(39-37-86)35-32-59(49-100-62-14-10-8-11-15-62)83-65-30-29-63(45-67(65)102(96,97)76(78,79)80)103(98,99)85-71(93)56-23-27-60(28-24-56)89-42-40-88(41-43-89)47-57-31-33-75(6,7)46-64(57)54-21-25-58(77)26-22-54/h8,10-11,14-15,17-30,45,50-51,59,61,66,70,83,91H,9,12-13,16,31-44,46-49H2,1-7H3,(H,82,94)(H,84,92)(H,85,93)/t51-,59+,61+,66-,70+/m0/s1.